The lowest BCUT2D eigenvalue weighted by Gasteiger charge is -2.25. The number of methoxy groups -OCH3 is 2. The molecule has 0 fully saturated rings. The van der Waals surface area contributed by atoms with Crippen molar-refractivity contribution in [2.45, 2.75) is 13.0 Å². The fraction of sp³-hybridized carbons (Fsp3) is 0.545. The van der Waals surface area contributed by atoms with Gasteiger partial charge in [0.2, 0.25) is 0 Å². The van der Waals surface area contributed by atoms with Gasteiger partial charge in [-0.3, -0.25) is 4.98 Å². The van der Waals surface area contributed by atoms with E-state index in [1.165, 1.54) is 13.3 Å². The van der Waals surface area contributed by atoms with Crippen LogP contribution in [0.4, 0.5) is 5.82 Å². The highest BCUT2D eigenvalue weighted by Crippen LogP contribution is 2.11. The van der Waals surface area contributed by atoms with Gasteiger partial charge in [-0.25, -0.2) is 9.78 Å². The van der Waals surface area contributed by atoms with Crippen LogP contribution >= 0.6 is 0 Å². The van der Waals surface area contributed by atoms with Gasteiger partial charge in [0.25, 0.3) is 0 Å². The number of nitrogens with zero attached hydrogens (tertiary/aromatic N) is 3. The molecule has 94 valence electrons. The van der Waals surface area contributed by atoms with E-state index in [2.05, 4.69) is 14.7 Å². The average Bonchev–Trinajstić information content (AvgIpc) is 2.37. The van der Waals surface area contributed by atoms with Crippen LogP contribution in [0.3, 0.4) is 0 Å². The summed E-state index contributed by atoms with van der Waals surface area (Å²) in [5.74, 6) is 0.115. The summed E-state index contributed by atoms with van der Waals surface area (Å²) in [6, 6.07) is 0.141. The first-order valence-electron chi connectivity index (χ1n) is 5.22. The number of esters is 1. The molecule has 1 unspecified atom stereocenters. The first-order chi connectivity index (χ1) is 8.10. The number of carbonyl (C=O) groups excluding carboxylic acids is 1. The molecular weight excluding hydrogens is 222 g/mol. The molecule has 0 aliphatic rings. The maximum absolute atomic E-state index is 11.3. The lowest BCUT2D eigenvalue weighted by molar-refractivity contribution is 0.0593. The molecule has 0 radical (unpaired) electrons. The van der Waals surface area contributed by atoms with E-state index < -0.39 is 5.97 Å². The van der Waals surface area contributed by atoms with Crippen LogP contribution in [0.1, 0.15) is 17.4 Å². The van der Waals surface area contributed by atoms with E-state index in [0.717, 1.165) is 0 Å². The highest BCUT2D eigenvalue weighted by atomic mass is 16.5. The van der Waals surface area contributed by atoms with Crippen LogP contribution in [0.2, 0.25) is 0 Å². The van der Waals surface area contributed by atoms with Crippen molar-refractivity contribution in [3.05, 3.63) is 18.1 Å². The Morgan fingerprint density at radius 1 is 1.47 bits per heavy atom. The fourth-order valence-electron chi connectivity index (χ4n) is 1.31. The fourth-order valence-corrected chi connectivity index (χ4v) is 1.31. The highest BCUT2D eigenvalue weighted by molar-refractivity contribution is 5.87. The minimum Gasteiger partial charge on any atom is -0.464 e. The molecule has 1 aromatic heterocycles. The van der Waals surface area contributed by atoms with Gasteiger partial charge in [0, 0.05) is 14.2 Å². The summed E-state index contributed by atoms with van der Waals surface area (Å²) in [7, 11) is 4.82. The quantitative estimate of drug-likeness (QED) is 0.706. The van der Waals surface area contributed by atoms with Crippen LogP contribution in [0.25, 0.3) is 0 Å². The normalized spacial score (nSPS) is 12.0. The van der Waals surface area contributed by atoms with E-state index in [4.69, 9.17) is 4.74 Å². The molecule has 0 aromatic carbocycles. The van der Waals surface area contributed by atoms with Gasteiger partial charge in [0.1, 0.15) is 5.82 Å². The topological polar surface area (TPSA) is 64.5 Å². The summed E-state index contributed by atoms with van der Waals surface area (Å²) < 4.78 is 9.66. The van der Waals surface area contributed by atoms with E-state index >= 15 is 0 Å². The van der Waals surface area contributed by atoms with Crippen molar-refractivity contribution in [2.75, 3.05) is 32.8 Å². The van der Waals surface area contributed by atoms with Gasteiger partial charge in [-0.2, -0.15) is 0 Å². The standard InChI is InChI=1S/C11H17N3O3/c1-8(7-16-3)14(2)10-6-12-5-9(13-10)11(15)17-4/h5-6,8H,7H2,1-4H3. The summed E-state index contributed by atoms with van der Waals surface area (Å²) >= 11 is 0. The van der Waals surface area contributed by atoms with Crippen molar-refractivity contribution in [3.63, 3.8) is 0 Å². The Hall–Kier alpha value is -1.69. The van der Waals surface area contributed by atoms with Crippen molar-refractivity contribution >= 4 is 11.8 Å². The van der Waals surface area contributed by atoms with Gasteiger partial charge in [-0.05, 0) is 6.92 Å². The molecule has 0 amide bonds. The number of carbonyl (C=O) groups is 1. The second-order valence-electron chi connectivity index (χ2n) is 3.67. The monoisotopic (exact) mass is 239 g/mol. The van der Waals surface area contributed by atoms with Crippen LogP contribution < -0.4 is 4.90 Å². The predicted octanol–water partition coefficient (Wildman–Crippen LogP) is 0.734. The molecule has 1 atom stereocenters. The molecule has 0 saturated carbocycles. The van der Waals surface area contributed by atoms with E-state index in [1.54, 1.807) is 13.3 Å². The molecule has 6 nitrogen and oxygen atoms in total. The molecule has 1 aromatic rings. The summed E-state index contributed by atoms with van der Waals surface area (Å²) in [6.45, 7) is 2.57. The van der Waals surface area contributed by atoms with Crippen LogP contribution in [0.5, 0.6) is 0 Å². The lowest BCUT2D eigenvalue weighted by atomic mass is 10.3. The first kappa shape index (κ1) is 13.4. The molecule has 0 spiro atoms. The third-order valence-electron chi connectivity index (χ3n) is 2.45. The van der Waals surface area contributed by atoms with E-state index in [-0.39, 0.29) is 11.7 Å². The number of likely N-dealkylation sites (N-methyl/N-ethyl adjacent to an activating group) is 1. The maximum atomic E-state index is 11.3. The number of hydrogen-bond donors (Lipinski definition) is 0. The molecule has 17 heavy (non-hydrogen) atoms. The largest absolute Gasteiger partial charge is 0.464 e. The SMILES string of the molecule is COCC(C)N(C)c1cncc(C(=O)OC)n1. The molecule has 1 rings (SSSR count). The number of ether oxygens (including phenoxy) is 2. The summed E-state index contributed by atoms with van der Waals surface area (Å²) in [4.78, 5) is 21.4. The Labute approximate surface area is 101 Å². The Kier molecular flexibility index (Phi) is 4.84. The minimum absolute atomic E-state index is 0.141. The second kappa shape index (κ2) is 6.15. The van der Waals surface area contributed by atoms with Crippen LogP contribution in [-0.2, 0) is 9.47 Å². The lowest BCUT2D eigenvalue weighted by Crippen LogP contribution is -2.33. The highest BCUT2D eigenvalue weighted by Gasteiger charge is 2.14. The van der Waals surface area contributed by atoms with Crippen LogP contribution in [-0.4, -0.2) is 49.9 Å². The Bertz CT molecular complexity index is 384. The van der Waals surface area contributed by atoms with Gasteiger partial charge >= 0.3 is 5.97 Å². The Morgan fingerprint density at radius 2 is 2.18 bits per heavy atom. The molecule has 0 aliphatic heterocycles. The van der Waals surface area contributed by atoms with E-state index in [9.17, 15) is 4.79 Å². The smallest absolute Gasteiger partial charge is 0.358 e. The molecule has 0 saturated heterocycles. The van der Waals surface area contributed by atoms with Gasteiger partial charge in [-0.15, -0.1) is 0 Å². The Morgan fingerprint density at radius 3 is 2.76 bits per heavy atom. The van der Waals surface area contributed by atoms with Gasteiger partial charge < -0.3 is 14.4 Å². The molecule has 0 aliphatic carbocycles. The Balaban J connectivity index is 2.87. The molecule has 0 N–H and O–H groups in total. The molecule has 0 bridgehead atoms. The number of anilines is 1. The zero-order valence-electron chi connectivity index (χ0n) is 10.5. The maximum Gasteiger partial charge on any atom is 0.358 e. The zero-order chi connectivity index (χ0) is 12.8. The minimum atomic E-state index is -0.493. The van der Waals surface area contributed by atoms with Crippen molar-refractivity contribution in [3.8, 4) is 0 Å². The van der Waals surface area contributed by atoms with Crippen molar-refractivity contribution < 1.29 is 14.3 Å². The summed E-state index contributed by atoms with van der Waals surface area (Å²) in [6.07, 6.45) is 2.97. The zero-order valence-corrected chi connectivity index (χ0v) is 10.5. The molecule has 1 heterocycles. The third-order valence-corrected chi connectivity index (χ3v) is 2.45. The summed E-state index contributed by atoms with van der Waals surface area (Å²) in [5, 5.41) is 0. The molecule has 6 heteroatoms. The third kappa shape index (κ3) is 3.39. The average molecular weight is 239 g/mol. The van der Waals surface area contributed by atoms with Crippen LogP contribution in [0, 0.1) is 0 Å². The second-order valence-corrected chi connectivity index (χ2v) is 3.67. The number of aromatic nitrogens is 2. The van der Waals surface area contributed by atoms with Crippen molar-refractivity contribution in [1.82, 2.24) is 9.97 Å². The van der Waals surface area contributed by atoms with E-state index in [1.807, 2.05) is 18.9 Å². The van der Waals surface area contributed by atoms with Crippen molar-refractivity contribution in [1.29, 1.82) is 0 Å². The molecular formula is C11H17N3O3. The van der Waals surface area contributed by atoms with E-state index in [0.29, 0.717) is 12.4 Å². The number of rotatable bonds is 5. The predicted molar refractivity (Wildman–Crippen MR) is 63.1 cm³/mol. The summed E-state index contributed by atoms with van der Waals surface area (Å²) in [5.41, 5.74) is 0.196. The number of hydrogen-bond acceptors (Lipinski definition) is 6. The van der Waals surface area contributed by atoms with Gasteiger partial charge in [0.15, 0.2) is 5.69 Å². The van der Waals surface area contributed by atoms with Crippen LogP contribution in [0.15, 0.2) is 12.4 Å². The van der Waals surface area contributed by atoms with Gasteiger partial charge in [0.05, 0.1) is 32.2 Å². The first-order valence-corrected chi connectivity index (χ1v) is 5.22. The van der Waals surface area contributed by atoms with Gasteiger partial charge in [-0.1, -0.05) is 0 Å². The van der Waals surface area contributed by atoms with Crippen molar-refractivity contribution in [2.24, 2.45) is 0 Å².